The van der Waals surface area contributed by atoms with Crippen LogP contribution in [0.5, 0.6) is 17.2 Å². The lowest BCUT2D eigenvalue weighted by atomic mass is 10.1. The average molecular weight is 388 g/mol. The molecule has 0 amide bonds. The molecule has 1 aromatic heterocycles. The Balaban J connectivity index is 1.59. The Hall–Kier alpha value is -3.47. The summed E-state index contributed by atoms with van der Waals surface area (Å²) < 4.78 is 18.9. The SMILES string of the molecule is COc1ccc(Cc2nc3ccccc3n2CCOc2ccccc2)cc1OC. The third-order valence-corrected chi connectivity index (χ3v) is 4.87. The fourth-order valence-corrected chi connectivity index (χ4v) is 3.45. The van der Waals surface area contributed by atoms with Gasteiger partial charge in [0.15, 0.2) is 11.5 Å². The van der Waals surface area contributed by atoms with Crippen molar-refractivity contribution in [1.29, 1.82) is 0 Å². The standard InChI is InChI=1S/C24H24N2O3/c1-27-22-13-12-18(16-23(22)28-2)17-24-25-20-10-6-7-11-21(20)26(24)14-15-29-19-8-4-3-5-9-19/h3-13,16H,14-15,17H2,1-2H3. The van der Waals surface area contributed by atoms with E-state index in [-0.39, 0.29) is 0 Å². The highest BCUT2D eigenvalue weighted by atomic mass is 16.5. The first-order chi connectivity index (χ1) is 14.3. The van der Waals surface area contributed by atoms with Crippen LogP contribution in [-0.2, 0) is 13.0 Å². The Bertz CT molecular complexity index is 1090. The lowest BCUT2D eigenvalue weighted by molar-refractivity contribution is 0.298. The molecule has 0 spiro atoms. The quantitative estimate of drug-likeness (QED) is 0.438. The maximum Gasteiger partial charge on any atom is 0.161 e. The third-order valence-electron chi connectivity index (χ3n) is 4.87. The van der Waals surface area contributed by atoms with Gasteiger partial charge in [0.2, 0.25) is 0 Å². The molecule has 0 bridgehead atoms. The van der Waals surface area contributed by atoms with E-state index in [0.29, 0.717) is 13.0 Å². The van der Waals surface area contributed by atoms with Crippen molar-refractivity contribution in [2.45, 2.75) is 13.0 Å². The molecule has 0 radical (unpaired) electrons. The van der Waals surface area contributed by atoms with Crippen LogP contribution in [0.15, 0.2) is 72.8 Å². The molecule has 29 heavy (non-hydrogen) atoms. The van der Waals surface area contributed by atoms with Gasteiger partial charge in [-0.05, 0) is 42.0 Å². The first-order valence-corrected chi connectivity index (χ1v) is 9.61. The molecule has 0 aliphatic heterocycles. The lowest BCUT2D eigenvalue weighted by Gasteiger charge is -2.12. The van der Waals surface area contributed by atoms with Gasteiger partial charge in [0.25, 0.3) is 0 Å². The smallest absolute Gasteiger partial charge is 0.161 e. The molecule has 5 heteroatoms. The van der Waals surface area contributed by atoms with Crippen LogP contribution >= 0.6 is 0 Å². The molecule has 0 saturated carbocycles. The summed E-state index contributed by atoms with van der Waals surface area (Å²) in [5, 5.41) is 0. The number of fused-ring (bicyclic) bond motifs is 1. The Kier molecular flexibility index (Phi) is 5.66. The predicted octanol–water partition coefficient (Wildman–Crippen LogP) is 4.72. The number of ether oxygens (including phenoxy) is 3. The number of rotatable bonds is 8. The van der Waals surface area contributed by atoms with E-state index in [4.69, 9.17) is 19.2 Å². The highest BCUT2D eigenvalue weighted by Crippen LogP contribution is 2.29. The fraction of sp³-hybridized carbons (Fsp3) is 0.208. The minimum absolute atomic E-state index is 0.573. The summed E-state index contributed by atoms with van der Waals surface area (Å²) in [6, 6.07) is 24.1. The van der Waals surface area contributed by atoms with Gasteiger partial charge in [-0.2, -0.15) is 0 Å². The van der Waals surface area contributed by atoms with Crippen LogP contribution in [0.4, 0.5) is 0 Å². The maximum atomic E-state index is 5.92. The molecular formula is C24H24N2O3. The molecule has 0 aliphatic rings. The first kappa shape index (κ1) is 18.9. The number of methoxy groups -OCH3 is 2. The molecule has 0 fully saturated rings. The number of aromatic nitrogens is 2. The van der Waals surface area contributed by atoms with Gasteiger partial charge in [0.1, 0.15) is 18.2 Å². The highest BCUT2D eigenvalue weighted by Gasteiger charge is 2.13. The number of hydrogen-bond donors (Lipinski definition) is 0. The normalized spacial score (nSPS) is 10.8. The van der Waals surface area contributed by atoms with E-state index in [2.05, 4.69) is 10.6 Å². The summed E-state index contributed by atoms with van der Waals surface area (Å²) in [7, 11) is 3.29. The van der Waals surface area contributed by atoms with Gasteiger partial charge < -0.3 is 18.8 Å². The van der Waals surface area contributed by atoms with Crippen molar-refractivity contribution in [2.75, 3.05) is 20.8 Å². The molecule has 4 aromatic rings. The molecule has 3 aromatic carbocycles. The zero-order valence-electron chi connectivity index (χ0n) is 16.7. The first-order valence-electron chi connectivity index (χ1n) is 9.61. The summed E-state index contributed by atoms with van der Waals surface area (Å²) in [5.41, 5.74) is 3.21. The largest absolute Gasteiger partial charge is 0.493 e. The van der Waals surface area contributed by atoms with E-state index < -0.39 is 0 Å². The second-order valence-corrected chi connectivity index (χ2v) is 6.70. The van der Waals surface area contributed by atoms with E-state index in [1.54, 1.807) is 14.2 Å². The summed E-state index contributed by atoms with van der Waals surface area (Å²) in [4.78, 5) is 4.87. The second-order valence-electron chi connectivity index (χ2n) is 6.70. The number of para-hydroxylation sites is 3. The van der Waals surface area contributed by atoms with Crippen molar-refractivity contribution in [3.63, 3.8) is 0 Å². The Morgan fingerprint density at radius 1 is 0.828 bits per heavy atom. The van der Waals surface area contributed by atoms with Crippen LogP contribution in [-0.4, -0.2) is 30.4 Å². The van der Waals surface area contributed by atoms with Crippen LogP contribution in [0.2, 0.25) is 0 Å². The number of benzene rings is 3. The van der Waals surface area contributed by atoms with Gasteiger partial charge in [-0.1, -0.05) is 36.4 Å². The molecule has 1 heterocycles. The predicted molar refractivity (Wildman–Crippen MR) is 114 cm³/mol. The molecule has 0 atom stereocenters. The summed E-state index contributed by atoms with van der Waals surface area (Å²) in [6.45, 7) is 1.29. The number of hydrogen-bond acceptors (Lipinski definition) is 4. The fourth-order valence-electron chi connectivity index (χ4n) is 3.45. The van der Waals surface area contributed by atoms with E-state index in [1.807, 2.05) is 66.7 Å². The van der Waals surface area contributed by atoms with Gasteiger partial charge in [-0.25, -0.2) is 4.98 Å². The van der Waals surface area contributed by atoms with E-state index >= 15 is 0 Å². The van der Waals surface area contributed by atoms with Crippen molar-refractivity contribution in [2.24, 2.45) is 0 Å². The van der Waals surface area contributed by atoms with Gasteiger partial charge >= 0.3 is 0 Å². The van der Waals surface area contributed by atoms with Gasteiger partial charge in [0, 0.05) is 6.42 Å². The van der Waals surface area contributed by atoms with Crippen molar-refractivity contribution in [1.82, 2.24) is 9.55 Å². The summed E-state index contributed by atoms with van der Waals surface area (Å²) >= 11 is 0. The Morgan fingerprint density at radius 2 is 1.59 bits per heavy atom. The zero-order valence-corrected chi connectivity index (χ0v) is 16.7. The Labute approximate surface area is 170 Å². The number of imidazole rings is 1. The van der Waals surface area contributed by atoms with Crippen LogP contribution in [0, 0.1) is 0 Å². The Morgan fingerprint density at radius 3 is 2.38 bits per heavy atom. The van der Waals surface area contributed by atoms with Gasteiger partial charge in [-0.15, -0.1) is 0 Å². The van der Waals surface area contributed by atoms with E-state index in [9.17, 15) is 0 Å². The summed E-state index contributed by atoms with van der Waals surface area (Å²) in [5.74, 6) is 3.31. The van der Waals surface area contributed by atoms with E-state index in [1.165, 1.54) is 0 Å². The van der Waals surface area contributed by atoms with E-state index in [0.717, 1.165) is 46.2 Å². The van der Waals surface area contributed by atoms with Crippen molar-refractivity contribution in [3.8, 4) is 17.2 Å². The van der Waals surface area contributed by atoms with Gasteiger partial charge in [-0.3, -0.25) is 0 Å². The minimum atomic E-state index is 0.573. The molecule has 0 N–H and O–H groups in total. The molecule has 5 nitrogen and oxygen atoms in total. The van der Waals surface area contributed by atoms with Crippen LogP contribution in [0.1, 0.15) is 11.4 Å². The molecule has 148 valence electrons. The molecule has 0 aliphatic carbocycles. The lowest BCUT2D eigenvalue weighted by Crippen LogP contribution is -2.11. The summed E-state index contributed by atoms with van der Waals surface area (Å²) in [6.07, 6.45) is 0.695. The molecule has 4 rings (SSSR count). The monoisotopic (exact) mass is 388 g/mol. The molecular weight excluding hydrogens is 364 g/mol. The molecule has 0 saturated heterocycles. The van der Waals surface area contributed by atoms with Crippen LogP contribution in [0.3, 0.4) is 0 Å². The molecule has 0 unspecified atom stereocenters. The van der Waals surface area contributed by atoms with Gasteiger partial charge in [0.05, 0.1) is 31.8 Å². The van der Waals surface area contributed by atoms with Crippen LogP contribution in [0.25, 0.3) is 11.0 Å². The van der Waals surface area contributed by atoms with Crippen LogP contribution < -0.4 is 14.2 Å². The average Bonchev–Trinajstić information content (AvgIpc) is 3.11. The maximum absolute atomic E-state index is 5.92. The highest BCUT2D eigenvalue weighted by molar-refractivity contribution is 5.76. The van der Waals surface area contributed by atoms with Crippen molar-refractivity contribution >= 4 is 11.0 Å². The van der Waals surface area contributed by atoms with Crippen molar-refractivity contribution in [3.05, 3.63) is 84.2 Å². The minimum Gasteiger partial charge on any atom is -0.493 e. The second kappa shape index (κ2) is 8.69. The zero-order chi connectivity index (χ0) is 20.1. The number of nitrogens with zero attached hydrogens (tertiary/aromatic N) is 2. The van der Waals surface area contributed by atoms with Crippen molar-refractivity contribution < 1.29 is 14.2 Å². The topological polar surface area (TPSA) is 45.5 Å². The third kappa shape index (κ3) is 4.19.